The van der Waals surface area contributed by atoms with Gasteiger partial charge in [-0.15, -0.1) is 0 Å². The van der Waals surface area contributed by atoms with Crippen LogP contribution in [0.5, 0.6) is 0 Å². The highest BCUT2D eigenvalue weighted by Crippen LogP contribution is 2.55. The highest BCUT2D eigenvalue weighted by molar-refractivity contribution is 5.85. The average molecular weight is 234 g/mol. The first-order chi connectivity index (χ1) is 8.25. The third-order valence-corrected chi connectivity index (χ3v) is 6.08. The first kappa shape index (κ1) is 11.7. The highest BCUT2D eigenvalue weighted by Gasteiger charge is 2.47. The molecule has 3 aliphatic carbocycles. The van der Waals surface area contributed by atoms with Crippen LogP contribution in [0.25, 0.3) is 0 Å². The van der Waals surface area contributed by atoms with Crippen LogP contribution in [0.2, 0.25) is 0 Å². The van der Waals surface area contributed by atoms with E-state index in [1.807, 2.05) is 0 Å². The number of hydrogen-bond donors (Lipinski definition) is 0. The molecule has 0 aliphatic heterocycles. The summed E-state index contributed by atoms with van der Waals surface area (Å²) >= 11 is 0. The van der Waals surface area contributed by atoms with Crippen molar-refractivity contribution < 1.29 is 4.79 Å². The first-order valence-corrected chi connectivity index (χ1v) is 7.78. The molecular weight excluding hydrogens is 208 g/mol. The SMILES string of the molecule is O=C1CCCCC12CCC1(CCCCC1)CC2. The largest absolute Gasteiger partial charge is 0.299 e. The highest BCUT2D eigenvalue weighted by atomic mass is 16.1. The van der Waals surface area contributed by atoms with E-state index in [-0.39, 0.29) is 5.41 Å². The number of Topliss-reactive ketones (excluding diaryl/α,β-unsaturated/α-hetero) is 1. The topological polar surface area (TPSA) is 17.1 Å². The second kappa shape index (κ2) is 4.40. The second-order valence-corrected chi connectivity index (χ2v) is 6.97. The molecule has 96 valence electrons. The third-order valence-electron chi connectivity index (χ3n) is 6.08. The van der Waals surface area contributed by atoms with Gasteiger partial charge in [-0.3, -0.25) is 4.79 Å². The zero-order valence-electron chi connectivity index (χ0n) is 11.1. The smallest absolute Gasteiger partial charge is 0.139 e. The van der Waals surface area contributed by atoms with Gasteiger partial charge in [0.05, 0.1) is 0 Å². The summed E-state index contributed by atoms with van der Waals surface area (Å²) in [6.07, 6.45) is 17.0. The van der Waals surface area contributed by atoms with Gasteiger partial charge in [-0.1, -0.05) is 25.7 Å². The van der Waals surface area contributed by atoms with E-state index in [0.29, 0.717) is 11.2 Å². The van der Waals surface area contributed by atoms with Crippen LogP contribution in [0.1, 0.15) is 83.5 Å². The Balaban J connectivity index is 1.68. The zero-order chi connectivity index (χ0) is 11.8. The maximum absolute atomic E-state index is 12.2. The van der Waals surface area contributed by atoms with E-state index < -0.39 is 0 Å². The lowest BCUT2D eigenvalue weighted by molar-refractivity contribution is -0.135. The molecule has 2 spiro atoms. The van der Waals surface area contributed by atoms with Crippen LogP contribution in [0.15, 0.2) is 0 Å². The fourth-order valence-corrected chi connectivity index (χ4v) is 4.74. The Labute approximate surface area is 105 Å². The molecule has 3 rings (SSSR count). The Hall–Kier alpha value is -0.330. The van der Waals surface area contributed by atoms with Gasteiger partial charge in [-0.2, -0.15) is 0 Å². The van der Waals surface area contributed by atoms with E-state index in [2.05, 4.69) is 0 Å². The summed E-state index contributed by atoms with van der Waals surface area (Å²) in [6, 6.07) is 0. The predicted molar refractivity (Wildman–Crippen MR) is 69.9 cm³/mol. The number of hydrogen-bond acceptors (Lipinski definition) is 1. The summed E-state index contributed by atoms with van der Waals surface area (Å²) in [4.78, 5) is 12.2. The molecular formula is C16H26O. The minimum absolute atomic E-state index is 0.154. The molecule has 0 amide bonds. The molecule has 0 aromatic heterocycles. The normalized spacial score (nSPS) is 31.9. The first-order valence-electron chi connectivity index (χ1n) is 7.78. The predicted octanol–water partition coefficient (Wildman–Crippen LogP) is 4.64. The van der Waals surface area contributed by atoms with Crippen molar-refractivity contribution >= 4 is 5.78 Å². The minimum atomic E-state index is 0.154. The molecule has 0 bridgehead atoms. The van der Waals surface area contributed by atoms with Crippen LogP contribution < -0.4 is 0 Å². The molecule has 3 aliphatic rings. The van der Waals surface area contributed by atoms with Gasteiger partial charge in [0, 0.05) is 11.8 Å². The molecule has 1 nitrogen and oxygen atoms in total. The van der Waals surface area contributed by atoms with Crippen molar-refractivity contribution in [3.8, 4) is 0 Å². The van der Waals surface area contributed by atoms with E-state index in [9.17, 15) is 4.79 Å². The van der Waals surface area contributed by atoms with E-state index in [0.717, 1.165) is 12.8 Å². The van der Waals surface area contributed by atoms with E-state index in [1.165, 1.54) is 70.6 Å². The van der Waals surface area contributed by atoms with Gasteiger partial charge < -0.3 is 0 Å². The lowest BCUT2D eigenvalue weighted by atomic mass is 9.55. The maximum atomic E-state index is 12.2. The Bertz CT molecular complexity index is 289. The molecule has 0 unspecified atom stereocenters. The fourth-order valence-electron chi connectivity index (χ4n) is 4.74. The molecule has 3 saturated carbocycles. The molecule has 17 heavy (non-hydrogen) atoms. The fraction of sp³-hybridized carbons (Fsp3) is 0.938. The number of carbonyl (C=O) groups is 1. The average Bonchev–Trinajstić information content (AvgIpc) is 2.38. The summed E-state index contributed by atoms with van der Waals surface area (Å²) in [5.41, 5.74) is 0.822. The van der Waals surface area contributed by atoms with Crippen molar-refractivity contribution in [3.05, 3.63) is 0 Å². The standard InChI is InChI=1S/C16H26O/c17-14-6-2-5-9-16(14)12-10-15(11-13-16)7-3-1-4-8-15/h1-13H2. The quantitative estimate of drug-likeness (QED) is 0.596. The summed E-state index contributed by atoms with van der Waals surface area (Å²) in [5.74, 6) is 0.620. The van der Waals surface area contributed by atoms with Gasteiger partial charge in [0.1, 0.15) is 5.78 Å². The van der Waals surface area contributed by atoms with Crippen molar-refractivity contribution in [2.45, 2.75) is 83.5 Å². The van der Waals surface area contributed by atoms with Gasteiger partial charge >= 0.3 is 0 Å². The molecule has 0 aromatic carbocycles. The minimum Gasteiger partial charge on any atom is -0.299 e. The number of carbonyl (C=O) groups excluding carboxylic acids is 1. The van der Waals surface area contributed by atoms with E-state index in [4.69, 9.17) is 0 Å². The molecule has 0 N–H and O–H groups in total. The molecule has 3 fully saturated rings. The zero-order valence-corrected chi connectivity index (χ0v) is 11.1. The van der Waals surface area contributed by atoms with Crippen LogP contribution in [-0.4, -0.2) is 5.78 Å². The van der Waals surface area contributed by atoms with Gasteiger partial charge in [0.15, 0.2) is 0 Å². The lowest BCUT2D eigenvalue weighted by Gasteiger charge is -2.49. The van der Waals surface area contributed by atoms with E-state index >= 15 is 0 Å². The summed E-state index contributed by atoms with van der Waals surface area (Å²) < 4.78 is 0. The molecule has 0 saturated heterocycles. The summed E-state index contributed by atoms with van der Waals surface area (Å²) in [6.45, 7) is 0. The van der Waals surface area contributed by atoms with Crippen LogP contribution >= 0.6 is 0 Å². The Morgan fingerprint density at radius 3 is 1.94 bits per heavy atom. The molecule has 0 radical (unpaired) electrons. The van der Waals surface area contributed by atoms with Crippen molar-refractivity contribution in [3.63, 3.8) is 0 Å². The maximum Gasteiger partial charge on any atom is 0.139 e. The molecule has 1 heteroatoms. The van der Waals surface area contributed by atoms with Crippen molar-refractivity contribution in [1.29, 1.82) is 0 Å². The lowest BCUT2D eigenvalue weighted by Crippen LogP contribution is -2.42. The Morgan fingerprint density at radius 2 is 1.29 bits per heavy atom. The monoisotopic (exact) mass is 234 g/mol. The van der Waals surface area contributed by atoms with Gasteiger partial charge in [0.2, 0.25) is 0 Å². The molecule has 0 heterocycles. The molecule has 0 atom stereocenters. The van der Waals surface area contributed by atoms with Gasteiger partial charge in [-0.05, 0) is 56.8 Å². The van der Waals surface area contributed by atoms with Crippen LogP contribution in [0.3, 0.4) is 0 Å². The van der Waals surface area contributed by atoms with E-state index in [1.54, 1.807) is 0 Å². The number of ketones is 1. The second-order valence-electron chi connectivity index (χ2n) is 6.97. The van der Waals surface area contributed by atoms with Gasteiger partial charge in [0.25, 0.3) is 0 Å². The van der Waals surface area contributed by atoms with Gasteiger partial charge in [-0.25, -0.2) is 0 Å². The Morgan fingerprint density at radius 1 is 0.647 bits per heavy atom. The molecule has 0 aromatic rings. The Kier molecular flexibility index (Phi) is 3.04. The summed E-state index contributed by atoms with van der Waals surface area (Å²) in [5, 5.41) is 0. The van der Waals surface area contributed by atoms with Crippen LogP contribution in [0, 0.1) is 10.8 Å². The number of rotatable bonds is 0. The van der Waals surface area contributed by atoms with Crippen molar-refractivity contribution in [2.75, 3.05) is 0 Å². The van der Waals surface area contributed by atoms with Crippen LogP contribution in [-0.2, 0) is 4.79 Å². The van der Waals surface area contributed by atoms with Crippen molar-refractivity contribution in [1.82, 2.24) is 0 Å². The third kappa shape index (κ3) is 2.06. The summed E-state index contributed by atoms with van der Waals surface area (Å²) in [7, 11) is 0. The van der Waals surface area contributed by atoms with Crippen molar-refractivity contribution in [2.24, 2.45) is 10.8 Å². The van der Waals surface area contributed by atoms with Crippen LogP contribution in [0.4, 0.5) is 0 Å².